The smallest absolute Gasteiger partial charge is 0.261 e. The molecule has 0 aromatic heterocycles. The number of rotatable bonds is 10. The maximum Gasteiger partial charge on any atom is 0.261 e. The molecule has 1 atom stereocenters. The van der Waals surface area contributed by atoms with E-state index in [2.05, 4.69) is 5.32 Å². The van der Waals surface area contributed by atoms with E-state index in [1.807, 2.05) is 13.0 Å². The summed E-state index contributed by atoms with van der Waals surface area (Å²) < 4.78 is 10.9. The van der Waals surface area contributed by atoms with E-state index in [-0.39, 0.29) is 25.0 Å². The Bertz CT molecular complexity index is 876. The van der Waals surface area contributed by atoms with Gasteiger partial charge in [-0.15, -0.1) is 0 Å². The topological polar surface area (TPSA) is 67.9 Å². The summed E-state index contributed by atoms with van der Waals surface area (Å²) in [7, 11) is 1.53. The van der Waals surface area contributed by atoms with Crippen LogP contribution in [0.25, 0.3) is 0 Å². The number of nitrogens with one attached hydrogen (secondary N) is 1. The van der Waals surface area contributed by atoms with Crippen molar-refractivity contribution in [3.05, 3.63) is 58.1 Å². The van der Waals surface area contributed by atoms with Gasteiger partial charge in [-0.25, -0.2) is 0 Å². The van der Waals surface area contributed by atoms with E-state index in [4.69, 9.17) is 32.7 Å². The van der Waals surface area contributed by atoms with Crippen molar-refractivity contribution in [3.8, 4) is 11.5 Å². The number of nitrogens with zero attached hydrogens (tertiary/aromatic N) is 1. The number of hydrogen-bond donors (Lipinski definition) is 1. The summed E-state index contributed by atoms with van der Waals surface area (Å²) in [6.07, 6.45) is 0.798. The van der Waals surface area contributed by atoms with E-state index in [9.17, 15) is 9.59 Å². The summed E-state index contributed by atoms with van der Waals surface area (Å²) in [5, 5.41) is 3.74. The van der Waals surface area contributed by atoms with Crippen molar-refractivity contribution < 1.29 is 19.1 Å². The fourth-order valence-corrected chi connectivity index (χ4v) is 3.24. The number of carbonyl (C=O) groups is 2. The molecule has 0 radical (unpaired) electrons. The molecule has 0 aliphatic rings. The van der Waals surface area contributed by atoms with Gasteiger partial charge < -0.3 is 19.7 Å². The Morgan fingerprint density at radius 3 is 2.47 bits per heavy atom. The highest BCUT2D eigenvalue weighted by Gasteiger charge is 2.27. The summed E-state index contributed by atoms with van der Waals surface area (Å²) in [5.74, 6) is 0.367. The van der Waals surface area contributed by atoms with Gasteiger partial charge in [0.25, 0.3) is 5.91 Å². The Morgan fingerprint density at radius 1 is 1.13 bits per heavy atom. The molecule has 8 heteroatoms. The molecule has 0 heterocycles. The van der Waals surface area contributed by atoms with Crippen molar-refractivity contribution in [3.63, 3.8) is 0 Å². The van der Waals surface area contributed by atoms with E-state index in [1.54, 1.807) is 43.3 Å². The largest absolute Gasteiger partial charge is 0.493 e. The van der Waals surface area contributed by atoms with Gasteiger partial charge >= 0.3 is 0 Å². The van der Waals surface area contributed by atoms with Crippen LogP contribution in [0.4, 0.5) is 0 Å². The predicted molar refractivity (Wildman–Crippen MR) is 118 cm³/mol. The number of carbonyl (C=O) groups excluding carboxylic acids is 2. The highest BCUT2D eigenvalue weighted by Crippen LogP contribution is 2.26. The van der Waals surface area contributed by atoms with Crippen molar-refractivity contribution in [2.75, 3.05) is 20.3 Å². The van der Waals surface area contributed by atoms with Gasteiger partial charge in [0.05, 0.1) is 7.11 Å². The number of methoxy groups -OCH3 is 1. The van der Waals surface area contributed by atoms with Crippen molar-refractivity contribution in [2.45, 2.75) is 32.9 Å². The van der Waals surface area contributed by atoms with Gasteiger partial charge in [-0.1, -0.05) is 48.3 Å². The summed E-state index contributed by atoms with van der Waals surface area (Å²) in [6.45, 7) is 4.06. The molecule has 0 saturated heterocycles. The SMILES string of the molecule is CCCNC(=O)[C@@H](C)N(Cc1ccc(Cl)cc1Cl)C(=O)COc1ccccc1OC. The molecule has 2 rings (SSSR count). The Labute approximate surface area is 187 Å². The van der Waals surface area contributed by atoms with Crippen molar-refractivity contribution >= 4 is 35.0 Å². The third-order valence-corrected chi connectivity index (χ3v) is 5.08. The monoisotopic (exact) mass is 452 g/mol. The number of halogens is 2. The minimum atomic E-state index is -0.711. The van der Waals surface area contributed by atoms with Gasteiger partial charge in [0.15, 0.2) is 18.1 Å². The van der Waals surface area contributed by atoms with Gasteiger partial charge in [-0.05, 0) is 43.2 Å². The van der Waals surface area contributed by atoms with Crippen LogP contribution in [0.1, 0.15) is 25.8 Å². The maximum atomic E-state index is 13.0. The lowest BCUT2D eigenvalue weighted by molar-refractivity contribution is -0.142. The molecule has 30 heavy (non-hydrogen) atoms. The molecule has 0 spiro atoms. The molecule has 0 fully saturated rings. The summed E-state index contributed by atoms with van der Waals surface area (Å²) in [5.41, 5.74) is 0.682. The lowest BCUT2D eigenvalue weighted by Crippen LogP contribution is -2.49. The first-order valence-electron chi connectivity index (χ1n) is 9.64. The van der Waals surface area contributed by atoms with Crippen LogP contribution < -0.4 is 14.8 Å². The van der Waals surface area contributed by atoms with Crippen LogP contribution in [0.2, 0.25) is 10.0 Å². The third kappa shape index (κ3) is 6.54. The van der Waals surface area contributed by atoms with Crippen LogP contribution >= 0.6 is 23.2 Å². The van der Waals surface area contributed by atoms with Crippen molar-refractivity contribution in [1.29, 1.82) is 0 Å². The molecule has 0 aliphatic heterocycles. The number of amides is 2. The van der Waals surface area contributed by atoms with Crippen molar-refractivity contribution in [2.24, 2.45) is 0 Å². The highest BCUT2D eigenvalue weighted by molar-refractivity contribution is 6.35. The van der Waals surface area contributed by atoms with E-state index in [1.165, 1.54) is 12.0 Å². The molecule has 2 aromatic rings. The minimum Gasteiger partial charge on any atom is -0.493 e. The van der Waals surface area contributed by atoms with E-state index in [0.717, 1.165) is 6.42 Å². The molecule has 162 valence electrons. The minimum absolute atomic E-state index is 0.144. The molecule has 6 nitrogen and oxygen atoms in total. The van der Waals surface area contributed by atoms with Crippen LogP contribution in [-0.4, -0.2) is 43.0 Å². The molecule has 0 saturated carbocycles. The quantitative estimate of drug-likeness (QED) is 0.582. The van der Waals surface area contributed by atoms with Gasteiger partial charge in [-0.2, -0.15) is 0 Å². The summed E-state index contributed by atoms with van der Waals surface area (Å²) >= 11 is 12.3. The second-order valence-electron chi connectivity index (χ2n) is 6.66. The average Bonchev–Trinajstić information content (AvgIpc) is 2.75. The number of para-hydroxylation sites is 2. The first-order chi connectivity index (χ1) is 14.4. The molecule has 0 aliphatic carbocycles. The average molecular weight is 453 g/mol. The summed E-state index contributed by atoms with van der Waals surface area (Å²) in [4.78, 5) is 27.0. The lowest BCUT2D eigenvalue weighted by atomic mass is 10.1. The second kappa shape index (κ2) is 11.7. The molecule has 0 bridgehead atoms. The first kappa shape index (κ1) is 23.8. The Balaban J connectivity index is 2.20. The zero-order chi connectivity index (χ0) is 22.1. The Kier molecular flexibility index (Phi) is 9.27. The predicted octanol–water partition coefficient (Wildman–Crippen LogP) is 4.32. The zero-order valence-electron chi connectivity index (χ0n) is 17.3. The molecule has 1 N–H and O–H groups in total. The van der Waals surface area contributed by atoms with Crippen LogP contribution in [-0.2, 0) is 16.1 Å². The first-order valence-corrected chi connectivity index (χ1v) is 10.4. The van der Waals surface area contributed by atoms with E-state index < -0.39 is 6.04 Å². The number of ether oxygens (including phenoxy) is 2. The van der Waals surface area contributed by atoms with Crippen molar-refractivity contribution in [1.82, 2.24) is 10.2 Å². The Hall–Kier alpha value is -2.44. The van der Waals surface area contributed by atoms with E-state index in [0.29, 0.717) is 33.7 Å². The van der Waals surface area contributed by atoms with Crippen LogP contribution in [0.3, 0.4) is 0 Å². The molecular weight excluding hydrogens is 427 g/mol. The van der Waals surface area contributed by atoms with Gasteiger partial charge in [0.2, 0.25) is 5.91 Å². The molecular formula is C22H26Cl2N2O4. The molecule has 2 aromatic carbocycles. The fraction of sp³-hybridized carbons (Fsp3) is 0.364. The molecule has 0 unspecified atom stereocenters. The number of hydrogen-bond acceptors (Lipinski definition) is 4. The standard InChI is InChI=1S/C22H26Cl2N2O4/c1-4-11-25-22(28)15(2)26(13-16-9-10-17(23)12-18(16)24)21(27)14-30-20-8-6-5-7-19(20)29-3/h5-10,12,15H,4,11,13-14H2,1-3H3,(H,25,28)/t15-/m1/s1. The second-order valence-corrected chi connectivity index (χ2v) is 7.51. The Morgan fingerprint density at radius 2 is 1.83 bits per heavy atom. The highest BCUT2D eigenvalue weighted by atomic mass is 35.5. The van der Waals surface area contributed by atoms with Crippen LogP contribution in [0, 0.1) is 0 Å². The zero-order valence-corrected chi connectivity index (χ0v) is 18.8. The van der Waals surface area contributed by atoms with Gasteiger partial charge in [0, 0.05) is 23.1 Å². The van der Waals surface area contributed by atoms with Crippen LogP contribution in [0.15, 0.2) is 42.5 Å². The number of benzene rings is 2. The normalized spacial score (nSPS) is 11.5. The maximum absolute atomic E-state index is 13.0. The van der Waals surface area contributed by atoms with E-state index >= 15 is 0 Å². The van der Waals surface area contributed by atoms with Gasteiger partial charge in [-0.3, -0.25) is 9.59 Å². The lowest BCUT2D eigenvalue weighted by Gasteiger charge is -2.29. The van der Waals surface area contributed by atoms with Crippen LogP contribution in [0.5, 0.6) is 11.5 Å². The third-order valence-electron chi connectivity index (χ3n) is 4.49. The molecule has 2 amide bonds. The van der Waals surface area contributed by atoms with Gasteiger partial charge in [0.1, 0.15) is 6.04 Å². The fourth-order valence-electron chi connectivity index (χ4n) is 2.77. The summed E-state index contributed by atoms with van der Waals surface area (Å²) in [6, 6.07) is 11.4.